The zero-order valence-corrected chi connectivity index (χ0v) is 10.5. The van der Waals surface area contributed by atoms with Gasteiger partial charge < -0.3 is 4.98 Å². The molecule has 0 spiro atoms. The van der Waals surface area contributed by atoms with Crippen LogP contribution in [0.15, 0.2) is 53.8 Å². The third-order valence-corrected chi connectivity index (χ3v) is 2.86. The Hall–Kier alpha value is -2.40. The number of nitrogens with one attached hydrogen (secondary N) is 1. The number of aromatic nitrogens is 4. The van der Waals surface area contributed by atoms with Crippen LogP contribution in [0.25, 0.3) is 16.9 Å². The van der Waals surface area contributed by atoms with Crippen LogP contribution in [0.1, 0.15) is 0 Å². The first kappa shape index (κ1) is 11.7. The lowest BCUT2D eigenvalue weighted by Gasteiger charge is -2.00. The van der Waals surface area contributed by atoms with Crippen molar-refractivity contribution in [1.82, 2.24) is 19.7 Å². The Bertz CT molecular complexity index is 764. The molecule has 0 aliphatic rings. The minimum absolute atomic E-state index is 0.245. The van der Waals surface area contributed by atoms with Gasteiger partial charge in [-0.1, -0.05) is 11.6 Å². The average Bonchev–Trinajstić information content (AvgIpc) is 2.92. The molecule has 0 radical (unpaired) electrons. The highest BCUT2D eigenvalue weighted by atomic mass is 35.5. The summed E-state index contributed by atoms with van der Waals surface area (Å²) < 4.78 is 1.49. The highest BCUT2D eigenvalue weighted by molar-refractivity contribution is 6.30. The monoisotopic (exact) mass is 272 g/mol. The predicted molar refractivity (Wildman–Crippen MR) is 72.4 cm³/mol. The van der Waals surface area contributed by atoms with Gasteiger partial charge in [-0.15, -0.1) is 0 Å². The van der Waals surface area contributed by atoms with Gasteiger partial charge in [-0.25, -0.2) is 4.68 Å². The van der Waals surface area contributed by atoms with Crippen LogP contribution >= 0.6 is 11.6 Å². The van der Waals surface area contributed by atoms with E-state index in [2.05, 4.69) is 15.1 Å². The highest BCUT2D eigenvalue weighted by Gasteiger charge is 2.07. The van der Waals surface area contributed by atoms with Crippen LogP contribution in [0.5, 0.6) is 0 Å². The number of pyridine rings is 2. The zero-order valence-electron chi connectivity index (χ0n) is 9.75. The van der Waals surface area contributed by atoms with Crippen molar-refractivity contribution >= 4 is 11.6 Å². The zero-order chi connectivity index (χ0) is 13.2. The maximum Gasteiger partial charge on any atom is 0.273 e. The fraction of sp³-hybridized carbons (Fsp3) is 0. The van der Waals surface area contributed by atoms with E-state index in [0.717, 1.165) is 11.3 Å². The summed E-state index contributed by atoms with van der Waals surface area (Å²) in [7, 11) is 0. The number of H-pyrrole nitrogens is 1. The van der Waals surface area contributed by atoms with Crippen LogP contribution in [-0.2, 0) is 0 Å². The average molecular weight is 273 g/mol. The van der Waals surface area contributed by atoms with Crippen LogP contribution in [0.2, 0.25) is 5.02 Å². The molecule has 94 valence electrons. The third-order valence-electron chi connectivity index (χ3n) is 2.64. The summed E-state index contributed by atoms with van der Waals surface area (Å²) in [5.41, 5.74) is 1.76. The van der Waals surface area contributed by atoms with E-state index in [1.54, 1.807) is 24.7 Å². The topological polar surface area (TPSA) is 63.6 Å². The van der Waals surface area contributed by atoms with Crippen LogP contribution in [-0.4, -0.2) is 19.7 Å². The summed E-state index contributed by atoms with van der Waals surface area (Å²) in [5.74, 6) is 0. The number of hydrogen-bond donors (Lipinski definition) is 1. The lowest BCUT2D eigenvalue weighted by molar-refractivity contribution is 0.866. The van der Waals surface area contributed by atoms with E-state index < -0.39 is 0 Å². The molecule has 0 amide bonds. The molecule has 0 saturated heterocycles. The number of aromatic amines is 1. The lowest BCUT2D eigenvalue weighted by Crippen LogP contribution is -2.14. The van der Waals surface area contributed by atoms with Gasteiger partial charge in [0, 0.05) is 30.4 Å². The van der Waals surface area contributed by atoms with Gasteiger partial charge in [-0.05, 0) is 24.3 Å². The SMILES string of the molecule is O=c1[nH]cc(Cl)cc1-n1ccc(-c2cccnc2)n1. The molecule has 1 N–H and O–H groups in total. The van der Waals surface area contributed by atoms with E-state index in [0.29, 0.717) is 10.7 Å². The van der Waals surface area contributed by atoms with Crippen molar-refractivity contribution in [2.24, 2.45) is 0 Å². The largest absolute Gasteiger partial charge is 0.326 e. The number of hydrogen-bond acceptors (Lipinski definition) is 3. The Balaban J connectivity index is 2.07. The maximum absolute atomic E-state index is 11.7. The Morgan fingerprint density at radius 3 is 3.00 bits per heavy atom. The molecule has 0 bridgehead atoms. The van der Waals surface area contributed by atoms with Gasteiger partial charge >= 0.3 is 0 Å². The normalized spacial score (nSPS) is 10.6. The summed E-state index contributed by atoms with van der Waals surface area (Å²) >= 11 is 5.87. The molecule has 3 rings (SSSR count). The summed E-state index contributed by atoms with van der Waals surface area (Å²) in [6.45, 7) is 0. The van der Waals surface area contributed by atoms with E-state index in [1.165, 1.54) is 10.9 Å². The summed E-state index contributed by atoms with van der Waals surface area (Å²) in [5, 5.41) is 4.80. The van der Waals surface area contributed by atoms with Crippen LogP contribution < -0.4 is 5.56 Å². The van der Waals surface area contributed by atoms with Crippen LogP contribution in [0.4, 0.5) is 0 Å². The molecule has 0 saturated carbocycles. The predicted octanol–water partition coefficient (Wildman–Crippen LogP) is 2.28. The molecule has 3 aromatic rings. The van der Waals surface area contributed by atoms with Gasteiger partial charge in [0.05, 0.1) is 10.7 Å². The van der Waals surface area contributed by atoms with Crippen molar-refractivity contribution in [3.63, 3.8) is 0 Å². The van der Waals surface area contributed by atoms with E-state index in [4.69, 9.17) is 11.6 Å². The summed E-state index contributed by atoms with van der Waals surface area (Å²) in [4.78, 5) is 18.3. The second-order valence-corrected chi connectivity index (χ2v) is 4.36. The van der Waals surface area contributed by atoms with Gasteiger partial charge in [0.1, 0.15) is 5.69 Å². The molecule has 3 heterocycles. The smallest absolute Gasteiger partial charge is 0.273 e. The lowest BCUT2D eigenvalue weighted by atomic mass is 10.2. The Morgan fingerprint density at radius 2 is 2.21 bits per heavy atom. The Kier molecular flexibility index (Phi) is 2.89. The molecular formula is C13H9ClN4O. The van der Waals surface area contributed by atoms with Crippen molar-refractivity contribution in [2.45, 2.75) is 0 Å². The molecule has 5 nitrogen and oxygen atoms in total. The number of halogens is 1. The van der Waals surface area contributed by atoms with E-state index in [1.807, 2.05) is 18.2 Å². The molecule has 0 unspecified atom stereocenters. The molecule has 0 aromatic carbocycles. The van der Waals surface area contributed by atoms with Gasteiger partial charge in [0.15, 0.2) is 0 Å². The van der Waals surface area contributed by atoms with Crippen molar-refractivity contribution < 1.29 is 0 Å². The van der Waals surface area contributed by atoms with Gasteiger partial charge in [0.25, 0.3) is 5.56 Å². The second-order valence-electron chi connectivity index (χ2n) is 3.92. The van der Waals surface area contributed by atoms with Crippen LogP contribution in [0, 0.1) is 0 Å². The quantitative estimate of drug-likeness (QED) is 0.778. The first-order valence-electron chi connectivity index (χ1n) is 5.59. The first-order valence-corrected chi connectivity index (χ1v) is 5.96. The Labute approximate surface area is 113 Å². The molecule has 6 heteroatoms. The minimum atomic E-state index is -0.245. The fourth-order valence-electron chi connectivity index (χ4n) is 1.74. The van der Waals surface area contributed by atoms with Crippen LogP contribution in [0.3, 0.4) is 0 Å². The molecule has 3 aromatic heterocycles. The van der Waals surface area contributed by atoms with Gasteiger partial charge in [0.2, 0.25) is 0 Å². The molecule has 0 aliphatic carbocycles. The van der Waals surface area contributed by atoms with E-state index in [-0.39, 0.29) is 5.56 Å². The fourth-order valence-corrected chi connectivity index (χ4v) is 1.90. The van der Waals surface area contributed by atoms with Crippen molar-refractivity contribution in [3.8, 4) is 16.9 Å². The molecule has 0 atom stereocenters. The minimum Gasteiger partial charge on any atom is -0.326 e. The standard InChI is InChI=1S/C13H9ClN4O/c14-10-6-12(13(19)16-8-10)18-5-3-11(17-18)9-2-1-4-15-7-9/h1-8H,(H,16,19). The number of rotatable bonds is 2. The molecule has 0 aliphatic heterocycles. The van der Waals surface area contributed by atoms with Crippen molar-refractivity contribution in [3.05, 3.63) is 64.4 Å². The van der Waals surface area contributed by atoms with E-state index in [9.17, 15) is 4.79 Å². The van der Waals surface area contributed by atoms with E-state index >= 15 is 0 Å². The molecule has 19 heavy (non-hydrogen) atoms. The summed E-state index contributed by atoms with van der Waals surface area (Å²) in [6, 6.07) is 7.13. The first-order chi connectivity index (χ1) is 9.24. The number of nitrogens with zero attached hydrogens (tertiary/aromatic N) is 3. The maximum atomic E-state index is 11.7. The highest BCUT2D eigenvalue weighted by Crippen LogP contribution is 2.16. The van der Waals surface area contributed by atoms with Gasteiger partial charge in [-0.3, -0.25) is 9.78 Å². The second kappa shape index (κ2) is 4.70. The van der Waals surface area contributed by atoms with Gasteiger partial charge in [-0.2, -0.15) is 5.10 Å². The summed E-state index contributed by atoms with van der Waals surface area (Å²) in [6.07, 6.45) is 6.57. The van der Waals surface area contributed by atoms with Crippen molar-refractivity contribution in [1.29, 1.82) is 0 Å². The molecular weight excluding hydrogens is 264 g/mol. The Morgan fingerprint density at radius 1 is 1.32 bits per heavy atom. The van der Waals surface area contributed by atoms with Crippen molar-refractivity contribution in [2.75, 3.05) is 0 Å². The third kappa shape index (κ3) is 2.28. The molecule has 0 fully saturated rings.